The predicted molar refractivity (Wildman–Crippen MR) is 149 cm³/mol. The summed E-state index contributed by atoms with van der Waals surface area (Å²) in [6.07, 6.45) is 14.5. The molecule has 0 aliphatic carbocycles. The molecule has 0 saturated carbocycles. The average molecular weight is 488 g/mol. The van der Waals surface area contributed by atoms with Crippen molar-refractivity contribution in [3.63, 3.8) is 0 Å². The van der Waals surface area contributed by atoms with Crippen molar-refractivity contribution >= 4 is 6.08 Å². The van der Waals surface area contributed by atoms with Crippen LogP contribution in [0.15, 0.2) is 79.5 Å². The summed E-state index contributed by atoms with van der Waals surface area (Å²) >= 11 is 0. The van der Waals surface area contributed by atoms with Crippen molar-refractivity contribution in [1.29, 1.82) is 0 Å². The molecule has 3 rings (SSSR count). The van der Waals surface area contributed by atoms with Crippen molar-refractivity contribution in [3.05, 3.63) is 90.9 Å². The first kappa shape index (κ1) is 27.3. The fourth-order valence-corrected chi connectivity index (χ4v) is 3.95. The monoisotopic (exact) mass is 487 g/mol. The number of benzene rings is 2. The Morgan fingerprint density at radius 3 is 2.44 bits per heavy atom. The fourth-order valence-electron chi connectivity index (χ4n) is 3.95. The van der Waals surface area contributed by atoms with Gasteiger partial charge in [-0.2, -0.15) is 0 Å². The van der Waals surface area contributed by atoms with Crippen molar-refractivity contribution in [3.8, 4) is 28.1 Å². The Kier molecular flexibility index (Phi) is 11.4. The molecule has 0 bridgehead atoms. The highest BCUT2D eigenvalue weighted by atomic mass is 19.1. The molecule has 0 fully saturated rings. The Morgan fingerprint density at radius 2 is 1.75 bits per heavy atom. The fraction of sp³-hybridized carbons (Fsp3) is 0.344. The molecule has 0 spiro atoms. The van der Waals surface area contributed by atoms with Crippen LogP contribution in [0.4, 0.5) is 4.39 Å². The van der Waals surface area contributed by atoms with Crippen molar-refractivity contribution in [2.75, 3.05) is 13.2 Å². The summed E-state index contributed by atoms with van der Waals surface area (Å²) in [5, 5.41) is 0. The molecular formula is C32H38FNO2. The summed E-state index contributed by atoms with van der Waals surface area (Å²) in [7, 11) is 0. The number of halogens is 1. The standard InChI is InChI=1S/C32H38FNO2/c1-4-6-10-22-35-25(3)11-8-7-9-12-26-13-19-30(31(33)23-26)28-16-14-27(15-17-28)29-18-20-32(34-24-29)36-21-5-2/h5,9,12-20,23-25H,2,4,6-8,10-11,21-22H2,1,3H3. The maximum absolute atomic E-state index is 14.9. The Balaban J connectivity index is 1.51. The van der Waals surface area contributed by atoms with Crippen LogP contribution in [-0.2, 0) is 4.74 Å². The van der Waals surface area contributed by atoms with E-state index in [-0.39, 0.29) is 5.82 Å². The van der Waals surface area contributed by atoms with Gasteiger partial charge in [0.1, 0.15) is 12.4 Å². The van der Waals surface area contributed by atoms with E-state index in [0.717, 1.165) is 54.5 Å². The number of hydrogen-bond donors (Lipinski definition) is 0. The summed E-state index contributed by atoms with van der Waals surface area (Å²) in [6.45, 7) is 9.26. The summed E-state index contributed by atoms with van der Waals surface area (Å²) in [5.74, 6) is 0.345. The van der Waals surface area contributed by atoms with E-state index >= 15 is 0 Å². The van der Waals surface area contributed by atoms with E-state index in [0.29, 0.717) is 24.2 Å². The molecule has 1 unspecified atom stereocenters. The Labute approximate surface area is 215 Å². The van der Waals surface area contributed by atoms with E-state index in [1.165, 1.54) is 12.8 Å². The second-order valence-electron chi connectivity index (χ2n) is 9.02. The lowest BCUT2D eigenvalue weighted by Crippen LogP contribution is -2.08. The third kappa shape index (κ3) is 8.76. The van der Waals surface area contributed by atoms with Gasteiger partial charge in [-0.15, -0.1) is 0 Å². The molecule has 1 atom stereocenters. The number of hydrogen-bond acceptors (Lipinski definition) is 3. The van der Waals surface area contributed by atoms with Crippen LogP contribution in [-0.4, -0.2) is 24.3 Å². The molecular weight excluding hydrogens is 449 g/mol. The predicted octanol–water partition coefficient (Wildman–Crippen LogP) is 8.90. The first-order valence-electron chi connectivity index (χ1n) is 13.0. The van der Waals surface area contributed by atoms with Gasteiger partial charge in [0.15, 0.2) is 0 Å². The summed E-state index contributed by atoms with van der Waals surface area (Å²) in [4.78, 5) is 4.32. The maximum Gasteiger partial charge on any atom is 0.213 e. The Morgan fingerprint density at radius 1 is 0.972 bits per heavy atom. The van der Waals surface area contributed by atoms with Crippen LogP contribution >= 0.6 is 0 Å². The maximum atomic E-state index is 14.9. The molecule has 0 amide bonds. The lowest BCUT2D eigenvalue weighted by atomic mass is 9.99. The number of nitrogens with zero attached hydrogens (tertiary/aromatic N) is 1. The zero-order chi connectivity index (χ0) is 25.6. The second kappa shape index (κ2) is 15.0. The third-order valence-corrected chi connectivity index (χ3v) is 6.05. The van der Waals surface area contributed by atoms with E-state index in [4.69, 9.17) is 9.47 Å². The van der Waals surface area contributed by atoms with Crippen LogP contribution in [0.3, 0.4) is 0 Å². The van der Waals surface area contributed by atoms with Crippen LogP contribution in [0, 0.1) is 5.82 Å². The molecule has 3 aromatic rings. The summed E-state index contributed by atoms with van der Waals surface area (Å²) in [6, 6.07) is 17.1. The molecule has 0 aliphatic heterocycles. The molecule has 190 valence electrons. The van der Waals surface area contributed by atoms with Gasteiger partial charge in [0.25, 0.3) is 0 Å². The summed E-state index contributed by atoms with van der Waals surface area (Å²) < 4.78 is 26.2. The van der Waals surface area contributed by atoms with Crippen molar-refractivity contribution in [2.24, 2.45) is 0 Å². The largest absolute Gasteiger partial charge is 0.473 e. The quantitative estimate of drug-likeness (QED) is 0.158. The molecule has 0 aliphatic rings. The van der Waals surface area contributed by atoms with E-state index < -0.39 is 0 Å². The first-order valence-corrected chi connectivity index (χ1v) is 13.0. The van der Waals surface area contributed by atoms with Gasteiger partial charge in [-0.25, -0.2) is 9.37 Å². The number of rotatable bonds is 15. The number of ether oxygens (including phenoxy) is 2. The van der Waals surface area contributed by atoms with E-state index in [9.17, 15) is 4.39 Å². The highest BCUT2D eigenvalue weighted by molar-refractivity contribution is 5.71. The summed E-state index contributed by atoms with van der Waals surface area (Å²) in [5.41, 5.74) is 4.31. The smallest absolute Gasteiger partial charge is 0.213 e. The zero-order valence-corrected chi connectivity index (χ0v) is 21.6. The van der Waals surface area contributed by atoms with Gasteiger partial charge >= 0.3 is 0 Å². The third-order valence-electron chi connectivity index (χ3n) is 6.05. The second-order valence-corrected chi connectivity index (χ2v) is 9.02. The molecule has 0 saturated heterocycles. The topological polar surface area (TPSA) is 31.4 Å². The molecule has 2 aromatic carbocycles. The van der Waals surface area contributed by atoms with Crippen LogP contribution in [0.2, 0.25) is 0 Å². The molecule has 0 N–H and O–H groups in total. The molecule has 3 nitrogen and oxygen atoms in total. The van der Waals surface area contributed by atoms with E-state index in [1.807, 2.05) is 54.6 Å². The number of unbranched alkanes of at least 4 members (excludes halogenated alkanes) is 3. The van der Waals surface area contributed by atoms with Gasteiger partial charge in [0.2, 0.25) is 5.88 Å². The van der Waals surface area contributed by atoms with Gasteiger partial charge in [0.05, 0.1) is 6.10 Å². The molecule has 4 heteroatoms. The van der Waals surface area contributed by atoms with Crippen LogP contribution < -0.4 is 4.74 Å². The molecule has 36 heavy (non-hydrogen) atoms. The normalized spacial score (nSPS) is 12.1. The number of allylic oxidation sites excluding steroid dienone is 1. The minimum Gasteiger partial charge on any atom is -0.473 e. The lowest BCUT2D eigenvalue weighted by molar-refractivity contribution is 0.0566. The van der Waals surface area contributed by atoms with Crippen molar-refractivity contribution < 1.29 is 13.9 Å². The minimum absolute atomic E-state index is 0.218. The SMILES string of the molecule is C=CCOc1ccc(-c2ccc(-c3ccc(C=CCCCC(C)OCCCCC)cc3F)cc2)cn1. The zero-order valence-electron chi connectivity index (χ0n) is 21.6. The Hall–Kier alpha value is -3.24. The number of aromatic nitrogens is 1. The van der Waals surface area contributed by atoms with Crippen LogP contribution in [0.5, 0.6) is 5.88 Å². The van der Waals surface area contributed by atoms with Gasteiger partial charge < -0.3 is 9.47 Å². The first-order chi connectivity index (χ1) is 17.6. The molecule has 1 aromatic heterocycles. The number of pyridine rings is 1. The van der Waals surface area contributed by atoms with E-state index in [1.54, 1.807) is 18.3 Å². The lowest BCUT2D eigenvalue weighted by Gasteiger charge is -2.12. The van der Waals surface area contributed by atoms with Crippen LogP contribution in [0.25, 0.3) is 28.3 Å². The molecule has 0 radical (unpaired) electrons. The minimum atomic E-state index is -0.218. The van der Waals surface area contributed by atoms with Gasteiger partial charge in [-0.3, -0.25) is 0 Å². The van der Waals surface area contributed by atoms with Crippen LogP contribution in [0.1, 0.15) is 57.9 Å². The van der Waals surface area contributed by atoms with Crippen molar-refractivity contribution in [2.45, 2.75) is 58.5 Å². The van der Waals surface area contributed by atoms with Gasteiger partial charge in [-0.05, 0) is 61.4 Å². The van der Waals surface area contributed by atoms with E-state index in [2.05, 4.69) is 31.5 Å². The van der Waals surface area contributed by atoms with Gasteiger partial charge in [0, 0.05) is 30.0 Å². The Bertz CT molecular complexity index is 1090. The molecule has 1 heterocycles. The highest BCUT2D eigenvalue weighted by Crippen LogP contribution is 2.28. The van der Waals surface area contributed by atoms with Gasteiger partial charge in [-0.1, -0.05) is 81.0 Å². The average Bonchev–Trinajstić information content (AvgIpc) is 2.90. The van der Waals surface area contributed by atoms with Crippen molar-refractivity contribution in [1.82, 2.24) is 4.98 Å². The highest BCUT2D eigenvalue weighted by Gasteiger charge is 2.07.